The second-order valence-electron chi connectivity index (χ2n) is 6.29. The van der Waals surface area contributed by atoms with Crippen molar-refractivity contribution in [2.24, 2.45) is 0 Å². The number of aryl methyl sites for hydroxylation is 1. The van der Waals surface area contributed by atoms with Gasteiger partial charge in [-0.2, -0.15) is 0 Å². The quantitative estimate of drug-likeness (QED) is 0.937. The number of nitrogens with zero attached hydrogens (tertiary/aromatic N) is 2. The molecule has 1 fully saturated rings. The van der Waals surface area contributed by atoms with Crippen molar-refractivity contribution >= 4 is 16.8 Å². The topological polar surface area (TPSA) is 45.2 Å². The zero-order chi connectivity index (χ0) is 15.0. The summed E-state index contributed by atoms with van der Waals surface area (Å²) in [5.74, 6) is -0.00916. The predicted octanol–water partition coefficient (Wildman–Crippen LogP) is 2.37. The average Bonchev–Trinajstić information content (AvgIpc) is 3.17. The Labute approximate surface area is 125 Å². The molecule has 1 aliphatic rings. The highest BCUT2D eigenvalue weighted by Crippen LogP contribution is 2.36. The van der Waals surface area contributed by atoms with Crippen LogP contribution in [0.5, 0.6) is 0 Å². The van der Waals surface area contributed by atoms with Crippen molar-refractivity contribution in [3.05, 3.63) is 41.6 Å². The number of fused-ring (bicyclic) bond motifs is 1. The fourth-order valence-corrected chi connectivity index (χ4v) is 2.90. The van der Waals surface area contributed by atoms with E-state index in [2.05, 4.69) is 15.2 Å². The largest absolute Gasteiger partial charge is 0.345 e. The van der Waals surface area contributed by atoms with Crippen LogP contribution in [0.25, 0.3) is 10.9 Å². The fourth-order valence-electron chi connectivity index (χ4n) is 2.90. The smallest absolute Gasteiger partial charge is 0.253 e. The van der Waals surface area contributed by atoms with Crippen LogP contribution >= 0.6 is 0 Å². The van der Waals surface area contributed by atoms with Crippen LogP contribution in [0.3, 0.4) is 0 Å². The molecular formula is C17H21N3O. The minimum atomic E-state index is -0.0430. The van der Waals surface area contributed by atoms with Crippen molar-refractivity contribution in [1.82, 2.24) is 15.2 Å². The Balaban J connectivity index is 1.87. The number of nitrogens with one attached hydrogen (secondary N) is 1. The summed E-state index contributed by atoms with van der Waals surface area (Å²) in [5, 5.41) is 4.24. The predicted molar refractivity (Wildman–Crippen MR) is 84.5 cm³/mol. The molecule has 0 spiro atoms. The number of carbonyl (C=O) groups excluding carboxylic acids is 1. The number of para-hydroxylation sites is 1. The Morgan fingerprint density at radius 3 is 2.71 bits per heavy atom. The van der Waals surface area contributed by atoms with Crippen molar-refractivity contribution in [3.63, 3.8) is 0 Å². The third-order valence-electron chi connectivity index (χ3n) is 4.14. The first-order valence-electron chi connectivity index (χ1n) is 7.32. The van der Waals surface area contributed by atoms with Crippen LogP contribution in [-0.4, -0.2) is 42.0 Å². The van der Waals surface area contributed by atoms with E-state index in [1.807, 2.05) is 45.3 Å². The van der Waals surface area contributed by atoms with E-state index >= 15 is 0 Å². The number of pyridine rings is 1. The van der Waals surface area contributed by atoms with E-state index in [1.165, 1.54) is 0 Å². The zero-order valence-electron chi connectivity index (χ0n) is 12.8. The minimum Gasteiger partial charge on any atom is -0.345 e. The number of aromatic nitrogens is 1. The van der Waals surface area contributed by atoms with Crippen LogP contribution in [0.4, 0.5) is 0 Å². The maximum Gasteiger partial charge on any atom is 0.253 e. The molecule has 1 N–H and O–H groups in total. The first-order valence-corrected chi connectivity index (χ1v) is 7.32. The molecule has 0 bridgehead atoms. The van der Waals surface area contributed by atoms with Crippen LogP contribution < -0.4 is 5.32 Å². The summed E-state index contributed by atoms with van der Waals surface area (Å²) in [6.07, 6.45) is 3.80. The fraction of sp³-hybridized carbons (Fsp3) is 0.412. The van der Waals surface area contributed by atoms with Gasteiger partial charge in [-0.15, -0.1) is 0 Å². The molecule has 1 amide bonds. The molecule has 1 aliphatic carbocycles. The van der Waals surface area contributed by atoms with Gasteiger partial charge in [0.15, 0.2) is 0 Å². The molecule has 0 radical (unpaired) electrons. The molecule has 21 heavy (non-hydrogen) atoms. The molecular weight excluding hydrogens is 262 g/mol. The molecule has 1 aromatic carbocycles. The lowest BCUT2D eigenvalue weighted by Crippen LogP contribution is -2.44. The summed E-state index contributed by atoms with van der Waals surface area (Å²) in [4.78, 5) is 19.1. The van der Waals surface area contributed by atoms with E-state index in [0.29, 0.717) is 5.56 Å². The summed E-state index contributed by atoms with van der Waals surface area (Å²) in [7, 11) is 4.07. The third-order valence-corrected chi connectivity index (χ3v) is 4.14. The highest BCUT2D eigenvalue weighted by molar-refractivity contribution is 6.00. The molecule has 2 aromatic rings. The van der Waals surface area contributed by atoms with Gasteiger partial charge in [-0.05, 0) is 45.5 Å². The summed E-state index contributed by atoms with van der Waals surface area (Å²) >= 11 is 0. The number of hydrogen-bond acceptors (Lipinski definition) is 3. The van der Waals surface area contributed by atoms with Gasteiger partial charge in [0.2, 0.25) is 0 Å². The maximum atomic E-state index is 12.6. The summed E-state index contributed by atoms with van der Waals surface area (Å²) in [6.45, 7) is 2.88. The van der Waals surface area contributed by atoms with Crippen LogP contribution in [-0.2, 0) is 0 Å². The summed E-state index contributed by atoms with van der Waals surface area (Å²) < 4.78 is 0. The second kappa shape index (κ2) is 5.11. The van der Waals surface area contributed by atoms with Crippen molar-refractivity contribution in [1.29, 1.82) is 0 Å². The Hall–Kier alpha value is -1.94. The van der Waals surface area contributed by atoms with Crippen molar-refractivity contribution in [2.75, 3.05) is 20.6 Å². The summed E-state index contributed by atoms with van der Waals surface area (Å²) in [6, 6.07) is 7.93. The number of benzene rings is 1. The van der Waals surface area contributed by atoms with E-state index in [4.69, 9.17) is 0 Å². The normalized spacial score (nSPS) is 16.2. The summed E-state index contributed by atoms with van der Waals surface area (Å²) in [5.41, 5.74) is 2.57. The van der Waals surface area contributed by atoms with Gasteiger partial charge in [0.1, 0.15) is 0 Å². The molecule has 1 aromatic heterocycles. The number of hydrogen-bond donors (Lipinski definition) is 1. The number of carbonyl (C=O) groups is 1. The molecule has 0 saturated heterocycles. The lowest BCUT2D eigenvalue weighted by Gasteiger charge is -2.22. The number of amides is 1. The van der Waals surface area contributed by atoms with Gasteiger partial charge in [0.05, 0.1) is 16.6 Å². The van der Waals surface area contributed by atoms with Gasteiger partial charge in [-0.3, -0.25) is 9.78 Å². The SMILES string of the molecule is Cc1c(C(=O)NC2(CN(C)C)CC2)cnc2ccccc12. The van der Waals surface area contributed by atoms with E-state index in [1.54, 1.807) is 6.20 Å². The number of rotatable bonds is 4. The molecule has 4 heteroatoms. The van der Waals surface area contributed by atoms with Crippen molar-refractivity contribution < 1.29 is 4.79 Å². The number of likely N-dealkylation sites (N-methyl/N-ethyl adjacent to an activating group) is 1. The van der Waals surface area contributed by atoms with Crippen molar-refractivity contribution in [3.8, 4) is 0 Å². The van der Waals surface area contributed by atoms with E-state index in [0.717, 1.165) is 35.9 Å². The highest BCUT2D eigenvalue weighted by Gasteiger charge is 2.44. The van der Waals surface area contributed by atoms with Gasteiger partial charge in [-0.1, -0.05) is 18.2 Å². The molecule has 0 unspecified atom stereocenters. The Morgan fingerprint density at radius 1 is 1.33 bits per heavy atom. The second-order valence-corrected chi connectivity index (χ2v) is 6.29. The zero-order valence-corrected chi connectivity index (χ0v) is 12.8. The molecule has 1 heterocycles. The minimum absolute atomic E-state index is 0.00916. The Kier molecular flexibility index (Phi) is 3.41. The monoisotopic (exact) mass is 283 g/mol. The Bertz CT molecular complexity index is 689. The van der Waals surface area contributed by atoms with Crippen LogP contribution in [0.1, 0.15) is 28.8 Å². The van der Waals surface area contributed by atoms with Crippen LogP contribution in [0.2, 0.25) is 0 Å². The van der Waals surface area contributed by atoms with E-state index in [9.17, 15) is 4.79 Å². The third kappa shape index (κ3) is 2.76. The van der Waals surface area contributed by atoms with Gasteiger partial charge < -0.3 is 10.2 Å². The standard InChI is InChI=1S/C17H21N3O/c1-12-13-6-4-5-7-15(13)18-10-14(12)16(21)19-17(8-9-17)11-20(2)3/h4-7,10H,8-9,11H2,1-3H3,(H,19,21). The van der Waals surface area contributed by atoms with Gasteiger partial charge in [0.25, 0.3) is 5.91 Å². The van der Waals surface area contributed by atoms with Gasteiger partial charge in [0, 0.05) is 18.1 Å². The Morgan fingerprint density at radius 2 is 2.05 bits per heavy atom. The molecule has 0 atom stereocenters. The molecule has 3 rings (SSSR count). The molecule has 4 nitrogen and oxygen atoms in total. The average molecular weight is 283 g/mol. The lowest BCUT2D eigenvalue weighted by molar-refractivity contribution is 0.0923. The highest BCUT2D eigenvalue weighted by atomic mass is 16.1. The molecule has 110 valence electrons. The van der Waals surface area contributed by atoms with E-state index < -0.39 is 0 Å². The van der Waals surface area contributed by atoms with Gasteiger partial charge in [-0.25, -0.2) is 0 Å². The molecule has 0 aliphatic heterocycles. The van der Waals surface area contributed by atoms with E-state index in [-0.39, 0.29) is 11.4 Å². The van der Waals surface area contributed by atoms with Crippen molar-refractivity contribution in [2.45, 2.75) is 25.3 Å². The molecule has 1 saturated carbocycles. The maximum absolute atomic E-state index is 12.6. The van der Waals surface area contributed by atoms with Crippen LogP contribution in [0, 0.1) is 6.92 Å². The first-order chi connectivity index (χ1) is 10.0. The van der Waals surface area contributed by atoms with Gasteiger partial charge >= 0.3 is 0 Å². The first kappa shape index (κ1) is 14.0. The lowest BCUT2D eigenvalue weighted by atomic mass is 10.0. The van der Waals surface area contributed by atoms with Crippen LogP contribution in [0.15, 0.2) is 30.5 Å².